The predicted molar refractivity (Wildman–Crippen MR) is 80.8 cm³/mol. The molecular formula is C15H17NO3S. The normalized spacial score (nSPS) is 10.6. The monoisotopic (exact) mass is 291 g/mol. The average molecular weight is 291 g/mol. The molecule has 0 radical (unpaired) electrons. The number of anilines is 1. The Morgan fingerprint density at radius 2 is 2.15 bits per heavy atom. The van der Waals surface area contributed by atoms with Crippen LogP contribution in [0, 0.1) is 0 Å². The Morgan fingerprint density at radius 1 is 1.40 bits per heavy atom. The largest absolute Gasteiger partial charge is 0.489 e. The molecule has 0 amide bonds. The molecule has 0 spiro atoms. The second kappa shape index (κ2) is 6.43. The van der Waals surface area contributed by atoms with Crippen molar-refractivity contribution in [3.8, 4) is 5.75 Å². The number of nitrogens with one attached hydrogen (secondary N) is 1. The van der Waals surface area contributed by atoms with E-state index in [0.29, 0.717) is 12.1 Å². The van der Waals surface area contributed by atoms with E-state index in [1.807, 2.05) is 38.1 Å². The number of ether oxygens (including phenoxy) is 1. The van der Waals surface area contributed by atoms with Crippen LogP contribution in [-0.4, -0.2) is 17.2 Å². The Labute approximate surface area is 122 Å². The third-order valence-electron chi connectivity index (χ3n) is 2.60. The van der Waals surface area contributed by atoms with Gasteiger partial charge in [-0.25, -0.2) is 4.79 Å². The molecule has 2 rings (SSSR count). The molecule has 0 bridgehead atoms. The Hall–Kier alpha value is -2.01. The van der Waals surface area contributed by atoms with Crippen LogP contribution in [0.15, 0.2) is 35.7 Å². The Kier molecular flexibility index (Phi) is 4.63. The molecule has 0 saturated heterocycles. The second-order valence-corrected chi connectivity index (χ2v) is 5.62. The lowest BCUT2D eigenvalue weighted by atomic mass is 10.2. The van der Waals surface area contributed by atoms with E-state index in [-0.39, 0.29) is 6.10 Å². The highest BCUT2D eigenvalue weighted by molar-refractivity contribution is 7.10. The highest BCUT2D eigenvalue weighted by atomic mass is 32.1. The van der Waals surface area contributed by atoms with Crippen LogP contribution in [0.4, 0.5) is 5.69 Å². The predicted octanol–water partition coefficient (Wildman–Crippen LogP) is 3.85. The summed E-state index contributed by atoms with van der Waals surface area (Å²) >= 11 is 1.43. The van der Waals surface area contributed by atoms with E-state index in [4.69, 9.17) is 9.84 Å². The lowest BCUT2D eigenvalue weighted by molar-refractivity contribution is 0.0697. The molecule has 1 aromatic carbocycles. The lowest BCUT2D eigenvalue weighted by Gasteiger charge is -2.15. The van der Waals surface area contributed by atoms with E-state index >= 15 is 0 Å². The van der Waals surface area contributed by atoms with E-state index in [2.05, 4.69) is 5.32 Å². The van der Waals surface area contributed by atoms with E-state index in [9.17, 15) is 4.79 Å². The zero-order valence-corrected chi connectivity index (χ0v) is 12.2. The number of aromatic carboxylic acids is 1. The molecule has 106 valence electrons. The highest BCUT2D eigenvalue weighted by Gasteiger charge is 2.08. The van der Waals surface area contributed by atoms with Crippen LogP contribution in [0.25, 0.3) is 0 Å². The van der Waals surface area contributed by atoms with Crippen LogP contribution in [0.3, 0.4) is 0 Å². The molecular weight excluding hydrogens is 274 g/mol. The number of carbonyl (C=O) groups is 1. The molecule has 0 fully saturated rings. The third kappa shape index (κ3) is 3.74. The SMILES string of the molecule is CC(C)Oc1ccccc1NCc1cc(C(=O)O)cs1. The number of hydrogen-bond acceptors (Lipinski definition) is 4. The molecule has 2 N–H and O–H groups in total. The third-order valence-corrected chi connectivity index (χ3v) is 3.54. The van der Waals surface area contributed by atoms with Gasteiger partial charge in [-0.2, -0.15) is 0 Å². The van der Waals surface area contributed by atoms with Gasteiger partial charge in [-0.15, -0.1) is 11.3 Å². The number of rotatable bonds is 6. The molecule has 0 aliphatic heterocycles. The van der Waals surface area contributed by atoms with Gasteiger partial charge in [0.15, 0.2) is 0 Å². The van der Waals surface area contributed by atoms with Crippen molar-refractivity contribution in [2.24, 2.45) is 0 Å². The van der Waals surface area contributed by atoms with Crippen molar-refractivity contribution in [1.82, 2.24) is 0 Å². The van der Waals surface area contributed by atoms with Crippen LogP contribution < -0.4 is 10.1 Å². The molecule has 0 aliphatic rings. The molecule has 2 aromatic rings. The fourth-order valence-corrected chi connectivity index (χ4v) is 2.53. The van der Waals surface area contributed by atoms with E-state index in [1.165, 1.54) is 11.3 Å². The molecule has 1 heterocycles. The number of thiophene rings is 1. The van der Waals surface area contributed by atoms with Crippen molar-refractivity contribution >= 4 is 23.0 Å². The quantitative estimate of drug-likeness (QED) is 0.849. The molecule has 0 saturated carbocycles. The highest BCUT2D eigenvalue weighted by Crippen LogP contribution is 2.26. The van der Waals surface area contributed by atoms with E-state index < -0.39 is 5.97 Å². The summed E-state index contributed by atoms with van der Waals surface area (Å²) in [4.78, 5) is 11.8. The smallest absolute Gasteiger partial charge is 0.336 e. The van der Waals surface area contributed by atoms with Gasteiger partial charge in [-0.1, -0.05) is 12.1 Å². The van der Waals surface area contributed by atoms with Gasteiger partial charge in [-0.3, -0.25) is 0 Å². The van der Waals surface area contributed by atoms with Crippen molar-refractivity contribution in [1.29, 1.82) is 0 Å². The average Bonchev–Trinajstić information content (AvgIpc) is 2.86. The number of carboxylic acid groups (broad SMARTS) is 1. The van der Waals surface area contributed by atoms with Crippen molar-refractivity contribution < 1.29 is 14.6 Å². The molecule has 0 atom stereocenters. The molecule has 0 aliphatic carbocycles. The van der Waals surface area contributed by atoms with Crippen LogP contribution in [-0.2, 0) is 6.54 Å². The fraction of sp³-hybridized carbons (Fsp3) is 0.267. The minimum atomic E-state index is -0.893. The topological polar surface area (TPSA) is 58.6 Å². The first-order valence-electron chi connectivity index (χ1n) is 6.36. The summed E-state index contributed by atoms with van der Waals surface area (Å²) in [6.45, 7) is 4.54. The Bertz CT molecular complexity index is 592. The van der Waals surface area contributed by atoms with Gasteiger partial charge in [0.2, 0.25) is 0 Å². The number of carboxylic acids is 1. The maximum Gasteiger partial charge on any atom is 0.336 e. The molecule has 4 nitrogen and oxygen atoms in total. The number of benzene rings is 1. The maximum absolute atomic E-state index is 10.8. The second-order valence-electron chi connectivity index (χ2n) is 4.62. The van der Waals surface area contributed by atoms with Crippen LogP contribution in [0.5, 0.6) is 5.75 Å². The van der Waals surface area contributed by atoms with E-state index in [1.54, 1.807) is 11.4 Å². The van der Waals surface area contributed by atoms with E-state index in [0.717, 1.165) is 16.3 Å². The zero-order chi connectivity index (χ0) is 14.5. The number of para-hydroxylation sites is 2. The van der Waals surface area contributed by atoms with Crippen molar-refractivity contribution in [2.45, 2.75) is 26.5 Å². The van der Waals surface area contributed by atoms with Crippen molar-refractivity contribution in [3.63, 3.8) is 0 Å². The zero-order valence-electron chi connectivity index (χ0n) is 11.4. The fourth-order valence-electron chi connectivity index (χ4n) is 1.74. The molecule has 20 heavy (non-hydrogen) atoms. The minimum Gasteiger partial charge on any atom is -0.489 e. The van der Waals surface area contributed by atoms with Crippen molar-refractivity contribution in [2.75, 3.05) is 5.32 Å². The maximum atomic E-state index is 10.8. The Balaban J connectivity index is 2.04. The van der Waals surface area contributed by atoms with Gasteiger partial charge in [-0.05, 0) is 32.0 Å². The van der Waals surface area contributed by atoms with Gasteiger partial charge in [0, 0.05) is 16.8 Å². The van der Waals surface area contributed by atoms with Gasteiger partial charge in [0.25, 0.3) is 0 Å². The van der Waals surface area contributed by atoms with Crippen LogP contribution in [0.1, 0.15) is 29.1 Å². The molecule has 0 unspecified atom stereocenters. The van der Waals surface area contributed by atoms with Crippen LogP contribution >= 0.6 is 11.3 Å². The lowest BCUT2D eigenvalue weighted by Crippen LogP contribution is -2.08. The first-order valence-corrected chi connectivity index (χ1v) is 7.24. The van der Waals surface area contributed by atoms with Crippen molar-refractivity contribution in [3.05, 3.63) is 46.2 Å². The van der Waals surface area contributed by atoms with Gasteiger partial charge in [0.1, 0.15) is 5.75 Å². The van der Waals surface area contributed by atoms with Gasteiger partial charge in [0.05, 0.1) is 17.4 Å². The Morgan fingerprint density at radius 3 is 2.80 bits per heavy atom. The van der Waals surface area contributed by atoms with Crippen LogP contribution in [0.2, 0.25) is 0 Å². The minimum absolute atomic E-state index is 0.110. The summed E-state index contributed by atoms with van der Waals surface area (Å²) < 4.78 is 5.72. The first kappa shape index (κ1) is 14.4. The first-order chi connectivity index (χ1) is 9.56. The summed E-state index contributed by atoms with van der Waals surface area (Å²) in [5.41, 5.74) is 1.24. The van der Waals surface area contributed by atoms with Gasteiger partial charge < -0.3 is 15.2 Å². The summed E-state index contributed by atoms with van der Waals surface area (Å²) in [5, 5.41) is 13.8. The number of hydrogen-bond donors (Lipinski definition) is 2. The van der Waals surface area contributed by atoms with Gasteiger partial charge >= 0.3 is 5.97 Å². The molecule has 1 aromatic heterocycles. The summed E-state index contributed by atoms with van der Waals surface area (Å²) in [7, 11) is 0. The summed E-state index contributed by atoms with van der Waals surface area (Å²) in [6.07, 6.45) is 0.110. The standard InChI is InChI=1S/C15H17NO3S/c1-10(2)19-14-6-4-3-5-13(14)16-8-12-7-11(9-20-12)15(17)18/h3-7,9-10,16H,8H2,1-2H3,(H,17,18). The summed E-state index contributed by atoms with van der Waals surface area (Å²) in [6, 6.07) is 9.41. The summed E-state index contributed by atoms with van der Waals surface area (Å²) in [5.74, 6) is -0.0893. The molecule has 5 heteroatoms.